The van der Waals surface area contributed by atoms with E-state index >= 15 is 0 Å². The van der Waals surface area contributed by atoms with Gasteiger partial charge < -0.3 is 10.6 Å². The van der Waals surface area contributed by atoms with Gasteiger partial charge in [-0.1, -0.05) is 17.7 Å². The highest BCUT2D eigenvalue weighted by atomic mass is 79.9. The van der Waals surface area contributed by atoms with Crippen LogP contribution >= 0.6 is 38.9 Å². The van der Waals surface area contributed by atoms with Crippen molar-refractivity contribution < 1.29 is 0 Å². The molecular formula is C14H16BrClN2S. The van der Waals surface area contributed by atoms with Gasteiger partial charge in [-0.2, -0.15) is 0 Å². The highest BCUT2D eigenvalue weighted by molar-refractivity contribution is 9.10. The second-order valence-corrected chi connectivity index (χ2v) is 6.72. The van der Waals surface area contributed by atoms with Crippen LogP contribution in [0.3, 0.4) is 0 Å². The maximum Gasteiger partial charge on any atom is 0.0519 e. The first kappa shape index (κ1) is 14.9. The van der Waals surface area contributed by atoms with Crippen molar-refractivity contribution in [2.45, 2.75) is 13.0 Å². The van der Waals surface area contributed by atoms with Crippen LogP contribution in [0.1, 0.15) is 10.4 Å². The Morgan fingerprint density at radius 3 is 2.74 bits per heavy atom. The van der Waals surface area contributed by atoms with Crippen LogP contribution in [-0.4, -0.2) is 13.6 Å². The third-order valence-electron chi connectivity index (χ3n) is 2.91. The van der Waals surface area contributed by atoms with Crippen molar-refractivity contribution in [3.63, 3.8) is 0 Å². The zero-order valence-electron chi connectivity index (χ0n) is 10.7. The lowest BCUT2D eigenvalue weighted by Crippen LogP contribution is -2.15. The van der Waals surface area contributed by atoms with Crippen molar-refractivity contribution in [2.24, 2.45) is 5.73 Å². The van der Waals surface area contributed by atoms with Crippen LogP contribution in [-0.2, 0) is 13.0 Å². The van der Waals surface area contributed by atoms with E-state index in [-0.39, 0.29) is 0 Å². The summed E-state index contributed by atoms with van der Waals surface area (Å²) in [5.41, 5.74) is 7.79. The summed E-state index contributed by atoms with van der Waals surface area (Å²) in [6, 6.07) is 8.31. The van der Waals surface area contributed by atoms with Crippen molar-refractivity contribution in [2.75, 3.05) is 18.5 Å². The van der Waals surface area contributed by atoms with E-state index in [4.69, 9.17) is 17.3 Å². The Balaban J connectivity index is 2.10. The summed E-state index contributed by atoms with van der Waals surface area (Å²) >= 11 is 11.5. The molecule has 2 nitrogen and oxygen atoms in total. The molecule has 0 aliphatic heterocycles. The van der Waals surface area contributed by atoms with Gasteiger partial charge in [-0.15, -0.1) is 11.3 Å². The standard InChI is InChI=1S/C14H16BrClN2S/c1-18(8-13-6-11(15)9-19-13)12-3-2-10(4-5-17)14(16)7-12/h2-3,6-7,9H,4-5,8,17H2,1H3. The van der Waals surface area contributed by atoms with E-state index in [1.54, 1.807) is 11.3 Å². The molecule has 0 unspecified atom stereocenters. The SMILES string of the molecule is CN(Cc1cc(Br)cs1)c1ccc(CCN)c(Cl)c1. The van der Waals surface area contributed by atoms with Crippen molar-refractivity contribution in [3.05, 3.63) is 49.6 Å². The molecule has 0 aliphatic rings. The maximum atomic E-state index is 6.27. The summed E-state index contributed by atoms with van der Waals surface area (Å²) in [6.07, 6.45) is 0.820. The Labute approximate surface area is 131 Å². The highest BCUT2D eigenvalue weighted by Crippen LogP contribution is 2.26. The minimum atomic E-state index is 0.623. The van der Waals surface area contributed by atoms with E-state index < -0.39 is 0 Å². The molecule has 0 spiro atoms. The molecule has 0 bridgehead atoms. The van der Waals surface area contributed by atoms with Gasteiger partial charge in [0.2, 0.25) is 0 Å². The monoisotopic (exact) mass is 358 g/mol. The summed E-state index contributed by atoms with van der Waals surface area (Å²) in [5, 5.41) is 2.89. The Bertz CT molecular complexity index is 556. The molecular weight excluding hydrogens is 344 g/mol. The third-order valence-corrected chi connectivity index (χ3v) is 4.94. The molecule has 0 atom stereocenters. The van der Waals surface area contributed by atoms with Gasteiger partial charge in [0.05, 0.1) is 6.54 Å². The predicted octanol–water partition coefficient (Wildman–Crippen LogP) is 4.30. The first-order chi connectivity index (χ1) is 9.10. The summed E-state index contributed by atoms with van der Waals surface area (Å²) in [4.78, 5) is 3.51. The fourth-order valence-corrected chi connectivity index (χ4v) is 3.67. The molecule has 1 aromatic heterocycles. The van der Waals surface area contributed by atoms with Crippen molar-refractivity contribution in [1.82, 2.24) is 0 Å². The van der Waals surface area contributed by atoms with Crippen LogP contribution in [0.15, 0.2) is 34.1 Å². The molecule has 5 heteroatoms. The quantitative estimate of drug-likeness (QED) is 0.862. The number of nitrogens with zero attached hydrogens (tertiary/aromatic N) is 1. The van der Waals surface area contributed by atoms with E-state index in [2.05, 4.69) is 51.5 Å². The van der Waals surface area contributed by atoms with Crippen LogP contribution in [0.4, 0.5) is 5.69 Å². The smallest absolute Gasteiger partial charge is 0.0519 e. The highest BCUT2D eigenvalue weighted by Gasteiger charge is 2.07. The van der Waals surface area contributed by atoms with E-state index in [0.717, 1.165) is 33.7 Å². The van der Waals surface area contributed by atoms with Crippen molar-refractivity contribution in [3.8, 4) is 0 Å². The van der Waals surface area contributed by atoms with Crippen molar-refractivity contribution >= 4 is 44.6 Å². The molecule has 0 saturated carbocycles. The first-order valence-corrected chi connectivity index (χ1v) is 8.07. The number of halogens is 2. The number of nitrogens with two attached hydrogens (primary N) is 1. The average Bonchev–Trinajstić information content (AvgIpc) is 2.77. The van der Waals surface area contributed by atoms with Crippen LogP contribution in [0, 0.1) is 0 Å². The zero-order valence-corrected chi connectivity index (χ0v) is 13.9. The van der Waals surface area contributed by atoms with E-state index in [1.165, 1.54) is 4.88 Å². The molecule has 102 valence electrons. The lowest BCUT2D eigenvalue weighted by Gasteiger charge is -2.19. The molecule has 2 N–H and O–H groups in total. The predicted molar refractivity (Wildman–Crippen MR) is 88.3 cm³/mol. The molecule has 19 heavy (non-hydrogen) atoms. The number of hydrogen-bond donors (Lipinski definition) is 1. The Morgan fingerprint density at radius 1 is 1.37 bits per heavy atom. The number of anilines is 1. The molecule has 0 radical (unpaired) electrons. The van der Waals surface area contributed by atoms with Crippen LogP contribution < -0.4 is 10.6 Å². The minimum absolute atomic E-state index is 0.623. The molecule has 2 aromatic rings. The average molecular weight is 360 g/mol. The molecule has 0 amide bonds. The topological polar surface area (TPSA) is 29.3 Å². The Kier molecular flexibility index (Phi) is 5.28. The third kappa shape index (κ3) is 3.96. The molecule has 0 fully saturated rings. The largest absolute Gasteiger partial charge is 0.369 e. The fraction of sp³-hybridized carbons (Fsp3) is 0.286. The Morgan fingerprint density at radius 2 is 2.16 bits per heavy atom. The summed E-state index contributed by atoms with van der Waals surface area (Å²) in [7, 11) is 2.07. The van der Waals surface area contributed by atoms with Crippen molar-refractivity contribution in [1.29, 1.82) is 0 Å². The zero-order chi connectivity index (χ0) is 13.8. The summed E-state index contributed by atoms with van der Waals surface area (Å²) in [5.74, 6) is 0. The summed E-state index contributed by atoms with van der Waals surface area (Å²) in [6.45, 7) is 1.50. The first-order valence-electron chi connectivity index (χ1n) is 6.02. The second kappa shape index (κ2) is 6.75. The lowest BCUT2D eigenvalue weighted by atomic mass is 10.1. The van der Waals surface area contributed by atoms with Gasteiger partial charge in [0, 0.05) is 32.5 Å². The molecule has 1 aromatic carbocycles. The number of hydrogen-bond acceptors (Lipinski definition) is 3. The van der Waals surface area contributed by atoms with Crippen LogP contribution in [0.5, 0.6) is 0 Å². The van der Waals surface area contributed by atoms with Gasteiger partial charge in [-0.3, -0.25) is 0 Å². The van der Waals surface area contributed by atoms with E-state index in [9.17, 15) is 0 Å². The van der Waals surface area contributed by atoms with Gasteiger partial charge in [0.25, 0.3) is 0 Å². The molecule has 2 rings (SSSR count). The van der Waals surface area contributed by atoms with Crippen LogP contribution in [0.2, 0.25) is 5.02 Å². The van der Waals surface area contributed by atoms with Gasteiger partial charge in [-0.05, 0) is 52.7 Å². The van der Waals surface area contributed by atoms with Gasteiger partial charge in [0.15, 0.2) is 0 Å². The second-order valence-electron chi connectivity index (χ2n) is 4.40. The molecule has 1 heterocycles. The van der Waals surface area contributed by atoms with Crippen LogP contribution in [0.25, 0.3) is 0 Å². The van der Waals surface area contributed by atoms with Gasteiger partial charge in [0.1, 0.15) is 0 Å². The maximum absolute atomic E-state index is 6.27. The Hall–Kier alpha value is -0.550. The van der Waals surface area contributed by atoms with Gasteiger partial charge in [-0.25, -0.2) is 0 Å². The van der Waals surface area contributed by atoms with E-state index in [0.29, 0.717) is 6.54 Å². The normalized spacial score (nSPS) is 10.7. The van der Waals surface area contributed by atoms with E-state index in [1.807, 2.05) is 6.07 Å². The lowest BCUT2D eigenvalue weighted by molar-refractivity contribution is 0.933. The minimum Gasteiger partial charge on any atom is -0.369 e. The number of rotatable bonds is 5. The molecule has 0 aliphatic carbocycles. The molecule has 0 saturated heterocycles. The van der Waals surface area contributed by atoms with Gasteiger partial charge >= 0.3 is 0 Å². The number of benzene rings is 1. The fourth-order valence-electron chi connectivity index (χ4n) is 1.89. The number of thiophene rings is 1. The summed E-state index contributed by atoms with van der Waals surface area (Å²) < 4.78 is 1.14.